The Morgan fingerprint density at radius 1 is 0.283 bits per heavy atom. The molecule has 40 nitrogen and oxygen atoms in total. The Bertz CT molecular complexity index is 3000. The smallest absolute Gasteiger partial charge is 0.243 e. The average molecular weight is 1510 g/mol. The van der Waals surface area contributed by atoms with Crippen molar-refractivity contribution in [3.05, 3.63) is 0 Å². The number of rotatable bonds is 52. The Hall–Kier alpha value is -10.0. The van der Waals surface area contributed by atoms with Crippen LogP contribution in [0, 0.1) is 35.5 Å². The van der Waals surface area contributed by atoms with Crippen LogP contribution in [0.3, 0.4) is 0 Å². The van der Waals surface area contributed by atoms with Crippen LogP contribution in [-0.2, 0) is 57.5 Å². The first-order chi connectivity index (χ1) is 49.5. The van der Waals surface area contributed by atoms with Gasteiger partial charge in [-0.25, -0.2) is 0 Å². The SMILES string of the molecule is CC[C@H](C)[C@H](NC(=O)[C@H](CCCN=C(N)N)NC(=O)[C@@H](NC(=O)[C@H](C)NC(=O)[C@@H](NC(=O)[C@@H](NC(=O)[C@H](CC(C)C)NC(=O)[C@H](CCCN=C(N)N)NC(=O)[C@@H](N)C(C)C)[C@@H](C)CC)C(C)C)C(C)C)C(=O)N[C@@H](CCCN=C(N)N)C(=O)N[C@@H](CCCN=C(N)N)C(=O)N[C@@H](CCCN=C(N)N)C(N)=O. The van der Waals surface area contributed by atoms with Crippen LogP contribution in [0.15, 0.2) is 25.0 Å². The summed E-state index contributed by atoms with van der Waals surface area (Å²) in [5.41, 5.74) is 67.0. The quantitative estimate of drug-likeness (QED) is 0.0153. The molecule has 35 N–H and O–H groups in total. The molecule has 0 saturated heterocycles. The lowest BCUT2D eigenvalue weighted by molar-refractivity contribution is -0.137. The lowest BCUT2D eigenvalue weighted by Crippen LogP contribution is -2.62. The van der Waals surface area contributed by atoms with Crippen molar-refractivity contribution in [3.8, 4) is 0 Å². The van der Waals surface area contributed by atoms with Gasteiger partial charge in [0.2, 0.25) is 70.9 Å². The average Bonchev–Trinajstić information content (AvgIpc) is 0.850. The Morgan fingerprint density at radius 3 is 0.830 bits per heavy atom. The Morgan fingerprint density at radius 2 is 0.528 bits per heavy atom. The summed E-state index contributed by atoms with van der Waals surface area (Å²) in [6.45, 7) is 22.2. The Labute approximate surface area is 622 Å². The molecule has 0 unspecified atom stereocenters. The minimum Gasteiger partial charge on any atom is -0.370 e. The number of nitrogens with two attached hydrogens (primary N) is 12. The van der Waals surface area contributed by atoms with Gasteiger partial charge in [-0.15, -0.1) is 0 Å². The maximum atomic E-state index is 14.7. The summed E-state index contributed by atoms with van der Waals surface area (Å²) in [6.07, 6.45) is 1.43. The maximum Gasteiger partial charge on any atom is 0.243 e. The second-order valence-electron chi connectivity index (χ2n) is 27.8. The standard InChI is InChI=1S/C66H128N28O12/c1-14-36(11)48(60(105)89-42(24-19-29-82-65(75)76)53(98)86-40(22-17-27-80-63(71)72)52(97)85-39(50(68)95)21-16-26-79-62(69)70)93-55(100)43(25-20-30-83-66(77)78)88-59(104)47(35(9)10)91-51(96)38(13)84-58(103)46(34(7)8)92-61(106)49(37(12)15-2)94-56(101)44(31-32(3)4)90-54(99)41(23-18-28-81-64(73)74)87-57(102)45(67)33(5)6/h32-49H,14-31,67H2,1-13H3,(H2,68,95)(H,84,103)(H,85,97)(H,86,98)(H,87,102)(H,88,104)(H,89,105)(H,90,99)(H,91,96)(H,92,106)(H,93,100)(H,94,101)(H4,69,70,79)(H4,71,72,80)(H4,73,74,81)(H4,75,76,82)(H4,77,78,83)/t36-,37-,38-,39-,40-,41-,42-,43-,44-,45-,46-,47-,48-,49-/m0/s1. The molecule has 0 spiro atoms. The van der Waals surface area contributed by atoms with Crippen molar-refractivity contribution in [1.29, 1.82) is 0 Å². The molecule has 0 aromatic carbocycles. The van der Waals surface area contributed by atoms with E-state index in [9.17, 15) is 57.5 Å². The largest absolute Gasteiger partial charge is 0.370 e. The number of nitrogens with zero attached hydrogens (tertiary/aromatic N) is 5. The number of aliphatic imine (C=N–C) groups is 5. The molecule has 0 bridgehead atoms. The van der Waals surface area contributed by atoms with E-state index < -0.39 is 167 Å². The summed E-state index contributed by atoms with van der Waals surface area (Å²) in [7, 11) is 0. The zero-order valence-corrected chi connectivity index (χ0v) is 64.2. The summed E-state index contributed by atoms with van der Waals surface area (Å²) in [4.78, 5) is 189. The van der Waals surface area contributed by atoms with Crippen LogP contribution in [0.4, 0.5) is 0 Å². The Balaban J connectivity index is 7.06. The van der Waals surface area contributed by atoms with Crippen LogP contribution >= 0.6 is 0 Å². The van der Waals surface area contributed by atoms with Crippen LogP contribution in [0.1, 0.15) is 173 Å². The Kier molecular flexibility index (Phi) is 45.6. The van der Waals surface area contributed by atoms with E-state index in [1.807, 2.05) is 13.8 Å². The first kappa shape index (κ1) is 96.0. The predicted octanol–water partition coefficient (Wildman–Crippen LogP) is -6.47. The first-order valence-electron chi connectivity index (χ1n) is 36.2. The van der Waals surface area contributed by atoms with Gasteiger partial charge in [0.15, 0.2) is 29.8 Å². The van der Waals surface area contributed by atoms with Crippen molar-refractivity contribution in [3.63, 3.8) is 0 Å². The van der Waals surface area contributed by atoms with E-state index in [1.54, 1.807) is 69.2 Å². The third kappa shape index (κ3) is 38.6. The number of guanidine groups is 5. The molecule has 604 valence electrons. The van der Waals surface area contributed by atoms with E-state index in [0.29, 0.717) is 6.42 Å². The molecule has 14 atom stereocenters. The van der Waals surface area contributed by atoms with Crippen molar-refractivity contribution in [2.24, 2.45) is 129 Å². The maximum absolute atomic E-state index is 14.7. The molecule has 12 amide bonds. The molecule has 0 heterocycles. The van der Waals surface area contributed by atoms with Crippen LogP contribution < -0.4 is 127 Å². The second-order valence-corrected chi connectivity index (χ2v) is 27.8. The number of carbonyl (C=O) groups is 12. The molecule has 0 aliphatic heterocycles. The monoisotopic (exact) mass is 1510 g/mol. The summed E-state index contributed by atoms with van der Waals surface area (Å²) in [5, 5.41) is 29.6. The van der Waals surface area contributed by atoms with Gasteiger partial charge < -0.3 is 127 Å². The molecule has 0 radical (unpaired) electrons. The van der Waals surface area contributed by atoms with Gasteiger partial charge in [-0.2, -0.15) is 0 Å². The van der Waals surface area contributed by atoms with Crippen molar-refractivity contribution in [1.82, 2.24) is 58.5 Å². The molecule has 0 aromatic rings. The summed E-state index contributed by atoms with van der Waals surface area (Å²) in [5.74, 6) is -13.5. The summed E-state index contributed by atoms with van der Waals surface area (Å²) in [6, 6.07) is -15.4. The number of hydrogen-bond donors (Lipinski definition) is 23. The zero-order chi connectivity index (χ0) is 81.2. The number of nitrogens with one attached hydrogen (secondary N) is 11. The topological polar surface area (TPSA) is 711 Å². The van der Waals surface area contributed by atoms with Crippen molar-refractivity contribution < 1.29 is 57.5 Å². The molecule has 0 rings (SSSR count). The first-order valence-corrected chi connectivity index (χ1v) is 36.2. The van der Waals surface area contributed by atoms with Crippen molar-refractivity contribution in [2.45, 2.75) is 246 Å². The van der Waals surface area contributed by atoms with Gasteiger partial charge in [0, 0.05) is 32.7 Å². The molecule has 0 aliphatic carbocycles. The molecular weight excluding hydrogens is 1380 g/mol. The third-order valence-corrected chi connectivity index (χ3v) is 17.1. The van der Waals surface area contributed by atoms with Gasteiger partial charge in [0.1, 0.15) is 66.5 Å². The van der Waals surface area contributed by atoms with Gasteiger partial charge in [-0.05, 0) is 113 Å². The number of carbonyl (C=O) groups excluding carboxylic acids is 12. The van der Waals surface area contributed by atoms with E-state index in [0.717, 1.165) is 0 Å². The van der Waals surface area contributed by atoms with Crippen LogP contribution in [-0.4, -0.2) is 206 Å². The van der Waals surface area contributed by atoms with Crippen molar-refractivity contribution in [2.75, 3.05) is 32.7 Å². The highest BCUT2D eigenvalue weighted by atomic mass is 16.2. The molecule has 0 aliphatic rings. The van der Waals surface area contributed by atoms with E-state index in [1.165, 1.54) is 6.92 Å². The molecule has 40 heteroatoms. The van der Waals surface area contributed by atoms with Crippen LogP contribution in [0.5, 0.6) is 0 Å². The third-order valence-electron chi connectivity index (χ3n) is 17.1. The number of amides is 12. The highest BCUT2D eigenvalue weighted by Gasteiger charge is 2.39. The van der Waals surface area contributed by atoms with Gasteiger partial charge in [-0.3, -0.25) is 82.5 Å². The minimum atomic E-state index is -1.43. The summed E-state index contributed by atoms with van der Waals surface area (Å²) < 4.78 is 0. The fourth-order valence-corrected chi connectivity index (χ4v) is 10.4. The fraction of sp³-hybridized carbons (Fsp3) is 0.742. The lowest BCUT2D eigenvalue weighted by Gasteiger charge is -2.31. The number of primary amides is 1. The molecule has 0 fully saturated rings. The summed E-state index contributed by atoms with van der Waals surface area (Å²) >= 11 is 0. The molecular formula is C66H128N28O12. The van der Waals surface area contributed by atoms with E-state index in [4.69, 9.17) is 68.8 Å². The van der Waals surface area contributed by atoms with Gasteiger partial charge in [0.05, 0.1) is 6.04 Å². The van der Waals surface area contributed by atoms with Gasteiger partial charge >= 0.3 is 0 Å². The highest BCUT2D eigenvalue weighted by Crippen LogP contribution is 2.17. The molecule has 0 saturated carbocycles. The zero-order valence-electron chi connectivity index (χ0n) is 64.2. The van der Waals surface area contributed by atoms with E-state index in [-0.39, 0.29) is 151 Å². The predicted molar refractivity (Wildman–Crippen MR) is 407 cm³/mol. The fourth-order valence-electron chi connectivity index (χ4n) is 10.4. The van der Waals surface area contributed by atoms with Crippen LogP contribution in [0.25, 0.3) is 0 Å². The van der Waals surface area contributed by atoms with Crippen molar-refractivity contribution >= 4 is 101 Å². The van der Waals surface area contributed by atoms with Crippen LogP contribution in [0.2, 0.25) is 0 Å². The normalized spacial score (nSPS) is 15.1. The number of hydrogen-bond acceptors (Lipinski definition) is 18. The highest BCUT2D eigenvalue weighted by molar-refractivity contribution is 6.00. The molecule has 106 heavy (non-hydrogen) atoms. The van der Waals surface area contributed by atoms with E-state index >= 15 is 0 Å². The van der Waals surface area contributed by atoms with Gasteiger partial charge in [0.25, 0.3) is 0 Å². The minimum absolute atomic E-state index is 0.00166. The van der Waals surface area contributed by atoms with Gasteiger partial charge in [-0.1, -0.05) is 95.9 Å². The molecule has 0 aromatic heterocycles. The van der Waals surface area contributed by atoms with E-state index in [2.05, 4.69) is 83.4 Å². The lowest BCUT2D eigenvalue weighted by atomic mass is 9.95. The second kappa shape index (κ2) is 50.4.